The van der Waals surface area contributed by atoms with E-state index in [0.717, 1.165) is 53.6 Å². The van der Waals surface area contributed by atoms with E-state index in [1.807, 2.05) is 73.7 Å². The van der Waals surface area contributed by atoms with Gasteiger partial charge in [0.25, 0.3) is 0 Å². The molecule has 1 aliphatic heterocycles. The van der Waals surface area contributed by atoms with Gasteiger partial charge in [-0.1, -0.05) is 54.6 Å². The van der Waals surface area contributed by atoms with Crippen molar-refractivity contribution < 1.29 is 9.59 Å². The SMILES string of the molecule is Cc1ccccc1NC(=O)C1CCN(CC(=O)Nc2cccc3ccccc23)CC1. The molecule has 0 aromatic heterocycles. The highest BCUT2D eigenvalue weighted by atomic mass is 16.2. The van der Waals surface area contributed by atoms with Gasteiger partial charge in [0.2, 0.25) is 11.8 Å². The molecule has 3 aromatic carbocycles. The fraction of sp³-hybridized carbons (Fsp3) is 0.280. The van der Waals surface area contributed by atoms with Gasteiger partial charge < -0.3 is 10.6 Å². The number of hydrogen-bond acceptors (Lipinski definition) is 3. The van der Waals surface area contributed by atoms with Crippen molar-refractivity contribution in [1.29, 1.82) is 0 Å². The highest BCUT2D eigenvalue weighted by molar-refractivity contribution is 6.02. The molecule has 2 N–H and O–H groups in total. The van der Waals surface area contributed by atoms with Gasteiger partial charge in [-0.15, -0.1) is 0 Å². The van der Waals surface area contributed by atoms with Gasteiger partial charge in [-0.05, 0) is 55.9 Å². The number of hydrogen-bond donors (Lipinski definition) is 2. The Morgan fingerprint density at radius 1 is 0.867 bits per heavy atom. The highest BCUT2D eigenvalue weighted by Crippen LogP contribution is 2.24. The number of nitrogens with one attached hydrogen (secondary N) is 2. The maximum Gasteiger partial charge on any atom is 0.238 e. The maximum atomic E-state index is 12.6. The lowest BCUT2D eigenvalue weighted by molar-refractivity contribution is -0.121. The van der Waals surface area contributed by atoms with E-state index >= 15 is 0 Å². The summed E-state index contributed by atoms with van der Waals surface area (Å²) < 4.78 is 0. The summed E-state index contributed by atoms with van der Waals surface area (Å²) in [6.45, 7) is 3.83. The number of benzene rings is 3. The molecule has 5 nitrogen and oxygen atoms in total. The molecule has 1 heterocycles. The quantitative estimate of drug-likeness (QED) is 0.665. The summed E-state index contributed by atoms with van der Waals surface area (Å²) in [7, 11) is 0. The van der Waals surface area contributed by atoms with Crippen molar-refractivity contribution in [2.24, 2.45) is 5.92 Å². The fourth-order valence-electron chi connectivity index (χ4n) is 4.03. The summed E-state index contributed by atoms with van der Waals surface area (Å²) in [6, 6.07) is 21.8. The molecule has 0 unspecified atom stereocenters. The van der Waals surface area contributed by atoms with E-state index in [2.05, 4.69) is 15.5 Å². The molecule has 154 valence electrons. The number of anilines is 2. The zero-order valence-electron chi connectivity index (χ0n) is 17.2. The zero-order valence-corrected chi connectivity index (χ0v) is 17.2. The summed E-state index contributed by atoms with van der Waals surface area (Å²) in [5.74, 6) is 0.0420. The van der Waals surface area contributed by atoms with Gasteiger partial charge in [0.05, 0.1) is 6.54 Å². The van der Waals surface area contributed by atoms with Crippen molar-refractivity contribution in [2.45, 2.75) is 19.8 Å². The average Bonchev–Trinajstić information content (AvgIpc) is 2.76. The van der Waals surface area contributed by atoms with Gasteiger partial charge in [-0.3, -0.25) is 14.5 Å². The van der Waals surface area contributed by atoms with Crippen molar-refractivity contribution >= 4 is 34.0 Å². The van der Waals surface area contributed by atoms with Crippen LogP contribution in [-0.4, -0.2) is 36.3 Å². The first kappa shape index (κ1) is 20.1. The lowest BCUT2D eigenvalue weighted by Gasteiger charge is -2.30. The lowest BCUT2D eigenvalue weighted by atomic mass is 9.95. The van der Waals surface area contributed by atoms with E-state index in [4.69, 9.17) is 0 Å². The largest absolute Gasteiger partial charge is 0.326 e. The van der Waals surface area contributed by atoms with Gasteiger partial charge in [0.15, 0.2) is 0 Å². The first-order valence-corrected chi connectivity index (χ1v) is 10.5. The number of nitrogens with zero attached hydrogens (tertiary/aromatic N) is 1. The van der Waals surface area contributed by atoms with E-state index in [1.54, 1.807) is 0 Å². The molecule has 1 fully saturated rings. The smallest absolute Gasteiger partial charge is 0.238 e. The Labute approximate surface area is 177 Å². The molecule has 4 rings (SSSR count). The van der Waals surface area contributed by atoms with E-state index < -0.39 is 0 Å². The molecular weight excluding hydrogens is 374 g/mol. The second-order valence-electron chi connectivity index (χ2n) is 7.93. The van der Waals surface area contributed by atoms with Crippen LogP contribution in [0.4, 0.5) is 11.4 Å². The summed E-state index contributed by atoms with van der Waals surface area (Å²) in [4.78, 5) is 27.3. The Morgan fingerprint density at radius 3 is 2.33 bits per heavy atom. The van der Waals surface area contributed by atoms with Crippen LogP contribution in [0.3, 0.4) is 0 Å². The van der Waals surface area contributed by atoms with Crippen molar-refractivity contribution in [3.8, 4) is 0 Å². The molecule has 1 aliphatic rings. The molecule has 0 saturated carbocycles. The first-order chi connectivity index (χ1) is 14.6. The van der Waals surface area contributed by atoms with Crippen LogP contribution in [0, 0.1) is 12.8 Å². The molecule has 0 bridgehead atoms. The molecule has 5 heteroatoms. The normalized spacial score (nSPS) is 15.1. The summed E-state index contributed by atoms with van der Waals surface area (Å²) in [6.07, 6.45) is 1.53. The Balaban J connectivity index is 1.29. The van der Waals surface area contributed by atoms with Gasteiger partial charge in [-0.2, -0.15) is 0 Å². The Hall–Kier alpha value is -3.18. The van der Waals surface area contributed by atoms with Crippen LogP contribution >= 0.6 is 0 Å². The molecule has 0 radical (unpaired) electrons. The molecule has 3 aromatic rings. The second-order valence-corrected chi connectivity index (χ2v) is 7.93. The van der Waals surface area contributed by atoms with Gasteiger partial charge in [0.1, 0.15) is 0 Å². The standard InChI is InChI=1S/C25H27N3O2/c1-18-7-2-5-11-22(18)27-25(30)20-13-15-28(16-14-20)17-24(29)26-23-12-6-9-19-8-3-4-10-21(19)23/h2-12,20H,13-17H2,1H3,(H,26,29)(H,27,30). The number of amides is 2. The van der Waals surface area contributed by atoms with Crippen molar-refractivity contribution in [1.82, 2.24) is 4.90 Å². The minimum absolute atomic E-state index is 0.0121. The predicted molar refractivity (Wildman–Crippen MR) is 122 cm³/mol. The third kappa shape index (κ3) is 4.69. The average molecular weight is 402 g/mol. The zero-order chi connectivity index (χ0) is 20.9. The number of likely N-dealkylation sites (tertiary alicyclic amines) is 1. The third-order valence-corrected chi connectivity index (χ3v) is 5.79. The summed E-state index contributed by atoms with van der Waals surface area (Å²) >= 11 is 0. The number of fused-ring (bicyclic) bond motifs is 1. The minimum atomic E-state index is -0.0193. The van der Waals surface area contributed by atoms with Gasteiger partial charge in [0, 0.05) is 22.7 Å². The molecule has 0 atom stereocenters. The molecule has 0 spiro atoms. The molecular formula is C25H27N3O2. The number of piperidine rings is 1. The van der Waals surface area contributed by atoms with E-state index in [9.17, 15) is 9.59 Å². The van der Waals surface area contributed by atoms with E-state index in [-0.39, 0.29) is 17.7 Å². The number of para-hydroxylation sites is 1. The second kappa shape index (κ2) is 9.09. The number of aryl methyl sites for hydroxylation is 1. The van der Waals surface area contributed by atoms with Crippen LogP contribution < -0.4 is 10.6 Å². The van der Waals surface area contributed by atoms with Crippen molar-refractivity contribution in [3.05, 3.63) is 72.3 Å². The van der Waals surface area contributed by atoms with E-state index in [0.29, 0.717) is 6.54 Å². The molecule has 30 heavy (non-hydrogen) atoms. The highest BCUT2D eigenvalue weighted by Gasteiger charge is 2.26. The fourth-order valence-corrected chi connectivity index (χ4v) is 4.03. The maximum absolute atomic E-state index is 12.6. The van der Waals surface area contributed by atoms with E-state index in [1.165, 1.54) is 0 Å². The molecule has 2 amide bonds. The predicted octanol–water partition coefficient (Wildman–Crippen LogP) is 4.44. The Bertz CT molecular complexity index is 1050. The van der Waals surface area contributed by atoms with Crippen molar-refractivity contribution in [2.75, 3.05) is 30.3 Å². The molecule has 1 saturated heterocycles. The van der Waals surface area contributed by atoms with Crippen LogP contribution in [0.25, 0.3) is 10.8 Å². The molecule has 0 aliphatic carbocycles. The summed E-state index contributed by atoms with van der Waals surface area (Å²) in [5.41, 5.74) is 2.78. The Kier molecular flexibility index (Phi) is 6.10. The summed E-state index contributed by atoms with van der Waals surface area (Å²) in [5, 5.41) is 8.24. The van der Waals surface area contributed by atoms with Crippen LogP contribution in [0.15, 0.2) is 66.7 Å². The van der Waals surface area contributed by atoms with Crippen LogP contribution in [-0.2, 0) is 9.59 Å². The van der Waals surface area contributed by atoms with Crippen LogP contribution in [0.5, 0.6) is 0 Å². The monoisotopic (exact) mass is 401 g/mol. The topological polar surface area (TPSA) is 61.4 Å². The van der Waals surface area contributed by atoms with Gasteiger partial charge >= 0.3 is 0 Å². The van der Waals surface area contributed by atoms with Gasteiger partial charge in [-0.25, -0.2) is 0 Å². The van der Waals surface area contributed by atoms with Crippen molar-refractivity contribution in [3.63, 3.8) is 0 Å². The lowest BCUT2D eigenvalue weighted by Crippen LogP contribution is -2.41. The minimum Gasteiger partial charge on any atom is -0.326 e. The number of carbonyl (C=O) groups is 2. The number of carbonyl (C=O) groups excluding carboxylic acids is 2. The first-order valence-electron chi connectivity index (χ1n) is 10.5. The number of rotatable bonds is 5. The van der Waals surface area contributed by atoms with Crippen LogP contribution in [0.2, 0.25) is 0 Å². The Morgan fingerprint density at radius 2 is 1.53 bits per heavy atom. The third-order valence-electron chi connectivity index (χ3n) is 5.79. The van der Waals surface area contributed by atoms with Crippen LogP contribution in [0.1, 0.15) is 18.4 Å².